The van der Waals surface area contributed by atoms with Crippen LogP contribution in [0, 0.1) is 0 Å². The van der Waals surface area contributed by atoms with Crippen LogP contribution in [0.1, 0.15) is 19.3 Å². The maximum Gasteiger partial charge on any atom is 0.234 e. The molecule has 94 valence electrons. The Hall–Kier alpha value is -1.40. The van der Waals surface area contributed by atoms with Crippen LogP contribution in [0.25, 0.3) is 0 Å². The van der Waals surface area contributed by atoms with Gasteiger partial charge in [-0.2, -0.15) is 4.98 Å². The Morgan fingerprint density at radius 1 is 1.35 bits per heavy atom. The minimum Gasteiger partial charge on any atom is -0.474 e. The first-order valence-electron chi connectivity index (χ1n) is 5.78. The summed E-state index contributed by atoms with van der Waals surface area (Å²) in [5.41, 5.74) is 5.47. The van der Waals surface area contributed by atoms with E-state index in [1.807, 2.05) is 0 Å². The van der Waals surface area contributed by atoms with E-state index < -0.39 is 0 Å². The van der Waals surface area contributed by atoms with Gasteiger partial charge < -0.3 is 19.9 Å². The Balaban J connectivity index is 1.62. The van der Waals surface area contributed by atoms with Crippen LogP contribution in [-0.4, -0.2) is 36.1 Å². The van der Waals surface area contributed by atoms with Gasteiger partial charge in [-0.15, -0.1) is 0 Å². The summed E-state index contributed by atoms with van der Waals surface area (Å²) in [5, 5.41) is 0. The lowest BCUT2D eigenvalue weighted by molar-refractivity contribution is -0.165. The van der Waals surface area contributed by atoms with Crippen molar-refractivity contribution in [3.05, 3.63) is 12.4 Å². The minimum absolute atomic E-state index is 0.0840. The molecule has 2 N–H and O–H groups in total. The number of hydrogen-bond acceptors (Lipinski definition) is 6. The Morgan fingerprint density at radius 3 is 3.06 bits per heavy atom. The van der Waals surface area contributed by atoms with Crippen molar-refractivity contribution in [2.75, 3.05) is 25.6 Å². The van der Waals surface area contributed by atoms with E-state index in [9.17, 15) is 0 Å². The number of aromatic nitrogens is 2. The molecule has 1 unspecified atom stereocenters. The summed E-state index contributed by atoms with van der Waals surface area (Å²) in [4.78, 5) is 7.84. The molecule has 0 aromatic carbocycles. The number of ether oxygens (including phenoxy) is 3. The lowest BCUT2D eigenvalue weighted by Crippen LogP contribution is -2.24. The van der Waals surface area contributed by atoms with Crippen LogP contribution in [-0.2, 0) is 9.47 Å². The molecule has 6 nitrogen and oxygen atoms in total. The van der Waals surface area contributed by atoms with Crippen molar-refractivity contribution < 1.29 is 14.2 Å². The first-order chi connectivity index (χ1) is 8.34. The number of hydrogen-bond donors (Lipinski definition) is 1. The second kappa shape index (κ2) is 6.36. The van der Waals surface area contributed by atoms with Crippen LogP contribution in [0.4, 0.5) is 5.82 Å². The van der Waals surface area contributed by atoms with Gasteiger partial charge in [-0.25, -0.2) is 0 Å². The SMILES string of the molecule is Nc1cncc(OCCOC2CCCCO2)n1. The van der Waals surface area contributed by atoms with Gasteiger partial charge in [0.05, 0.1) is 19.0 Å². The Bertz CT molecular complexity index is 342. The van der Waals surface area contributed by atoms with Crippen LogP contribution in [0.3, 0.4) is 0 Å². The lowest BCUT2D eigenvalue weighted by Gasteiger charge is -2.22. The molecule has 0 spiro atoms. The van der Waals surface area contributed by atoms with Gasteiger partial charge in [0, 0.05) is 6.61 Å². The van der Waals surface area contributed by atoms with Crippen molar-refractivity contribution >= 4 is 5.82 Å². The van der Waals surface area contributed by atoms with Crippen LogP contribution >= 0.6 is 0 Å². The molecule has 1 aromatic heterocycles. The van der Waals surface area contributed by atoms with Crippen molar-refractivity contribution in [2.24, 2.45) is 0 Å². The molecular formula is C11H17N3O3. The number of nitrogens with two attached hydrogens (primary N) is 1. The fourth-order valence-electron chi connectivity index (χ4n) is 1.60. The van der Waals surface area contributed by atoms with E-state index in [1.165, 1.54) is 12.4 Å². The number of nitrogens with zero attached hydrogens (tertiary/aromatic N) is 2. The molecule has 0 radical (unpaired) electrons. The van der Waals surface area contributed by atoms with Gasteiger partial charge in [0.2, 0.25) is 5.88 Å². The number of anilines is 1. The van der Waals surface area contributed by atoms with Crippen molar-refractivity contribution in [3.63, 3.8) is 0 Å². The molecule has 2 heterocycles. The molecule has 0 aliphatic carbocycles. The first kappa shape index (κ1) is 12.1. The molecule has 1 aromatic rings. The zero-order valence-electron chi connectivity index (χ0n) is 9.67. The van der Waals surface area contributed by atoms with Gasteiger partial charge >= 0.3 is 0 Å². The molecule has 1 saturated heterocycles. The highest BCUT2D eigenvalue weighted by atomic mass is 16.7. The summed E-state index contributed by atoms with van der Waals surface area (Å²) in [7, 11) is 0. The number of nitrogen functional groups attached to an aromatic ring is 1. The third-order valence-electron chi connectivity index (χ3n) is 2.41. The van der Waals surface area contributed by atoms with Gasteiger partial charge in [0.15, 0.2) is 6.29 Å². The lowest BCUT2D eigenvalue weighted by atomic mass is 10.2. The predicted molar refractivity (Wildman–Crippen MR) is 61.5 cm³/mol. The van der Waals surface area contributed by atoms with E-state index in [2.05, 4.69) is 9.97 Å². The van der Waals surface area contributed by atoms with Crippen LogP contribution in [0.2, 0.25) is 0 Å². The highest BCUT2D eigenvalue weighted by molar-refractivity contribution is 5.25. The third-order valence-corrected chi connectivity index (χ3v) is 2.41. The van der Waals surface area contributed by atoms with Gasteiger partial charge in [-0.1, -0.05) is 0 Å². The second-order valence-electron chi connectivity index (χ2n) is 3.80. The van der Waals surface area contributed by atoms with E-state index in [-0.39, 0.29) is 6.29 Å². The van der Waals surface area contributed by atoms with E-state index >= 15 is 0 Å². The molecule has 6 heteroatoms. The Morgan fingerprint density at radius 2 is 2.29 bits per heavy atom. The van der Waals surface area contributed by atoms with Crippen LogP contribution in [0.5, 0.6) is 5.88 Å². The summed E-state index contributed by atoms with van der Waals surface area (Å²) in [5.74, 6) is 0.761. The van der Waals surface area contributed by atoms with E-state index in [4.69, 9.17) is 19.9 Å². The Labute approximate surface area is 100 Å². The monoisotopic (exact) mass is 239 g/mol. The quantitative estimate of drug-likeness (QED) is 0.771. The van der Waals surface area contributed by atoms with Gasteiger partial charge in [0.1, 0.15) is 12.4 Å². The van der Waals surface area contributed by atoms with Crippen LogP contribution in [0.15, 0.2) is 12.4 Å². The summed E-state index contributed by atoms with van der Waals surface area (Å²) in [6.07, 6.45) is 6.14. The summed E-state index contributed by atoms with van der Waals surface area (Å²) in [6.45, 7) is 1.67. The van der Waals surface area contributed by atoms with E-state index in [0.29, 0.717) is 24.9 Å². The molecule has 0 saturated carbocycles. The predicted octanol–water partition coefficient (Wildman–Crippen LogP) is 0.981. The average molecular weight is 239 g/mol. The standard InChI is InChI=1S/C11H17N3O3/c12-9-7-13-8-10(14-9)15-5-6-17-11-3-1-2-4-16-11/h7-8,11H,1-6H2,(H2,12,14). The molecule has 1 aliphatic rings. The Kier molecular flexibility index (Phi) is 4.52. The molecule has 2 rings (SSSR count). The fraction of sp³-hybridized carbons (Fsp3) is 0.636. The minimum atomic E-state index is -0.0840. The molecule has 1 fully saturated rings. The highest BCUT2D eigenvalue weighted by Crippen LogP contribution is 2.13. The van der Waals surface area contributed by atoms with Crippen LogP contribution < -0.4 is 10.5 Å². The normalized spacial score (nSPS) is 20.1. The topological polar surface area (TPSA) is 79.5 Å². The molecule has 0 bridgehead atoms. The van der Waals surface area contributed by atoms with Crippen molar-refractivity contribution in [3.8, 4) is 5.88 Å². The summed E-state index contributed by atoms with van der Waals surface area (Å²) >= 11 is 0. The largest absolute Gasteiger partial charge is 0.474 e. The maximum absolute atomic E-state index is 5.51. The van der Waals surface area contributed by atoms with E-state index in [1.54, 1.807) is 0 Å². The first-order valence-corrected chi connectivity index (χ1v) is 5.78. The maximum atomic E-state index is 5.51. The molecule has 1 aliphatic heterocycles. The zero-order valence-corrected chi connectivity index (χ0v) is 9.67. The molecule has 17 heavy (non-hydrogen) atoms. The van der Waals surface area contributed by atoms with Gasteiger partial charge in [-0.05, 0) is 19.3 Å². The smallest absolute Gasteiger partial charge is 0.234 e. The zero-order chi connectivity index (χ0) is 11.9. The van der Waals surface area contributed by atoms with E-state index in [0.717, 1.165) is 25.9 Å². The second-order valence-corrected chi connectivity index (χ2v) is 3.80. The van der Waals surface area contributed by atoms with Crippen molar-refractivity contribution in [2.45, 2.75) is 25.6 Å². The summed E-state index contributed by atoms with van der Waals surface area (Å²) < 4.78 is 16.3. The molecule has 0 amide bonds. The van der Waals surface area contributed by atoms with Gasteiger partial charge in [0.25, 0.3) is 0 Å². The highest BCUT2D eigenvalue weighted by Gasteiger charge is 2.13. The fourth-order valence-corrected chi connectivity index (χ4v) is 1.60. The number of rotatable bonds is 5. The molecule has 1 atom stereocenters. The molecular weight excluding hydrogens is 222 g/mol. The third kappa shape index (κ3) is 4.16. The van der Waals surface area contributed by atoms with Crippen molar-refractivity contribution in [1.29, 1.82) is 0 Å². The van der Waals surface area contributed by atoms with Crippen molar-refractivity contribution in [1.82, 2.24) is 9.97 Å². The average Bonchev–Trinajstić information content (AvgIpc) is 2.36. The summed E-state index contributed by atoms with van der Waals surface area (Å²) in [6, 6.07) is 0. The van der Waals surface area contributed by atoms with Gasteiger partial charge in [-0.3, -0.25) is 4.98 Å².